The lowest BCUT2D eigenvalue weighted by Gasteiger charge is -2.25. The average molecular weight is 849 g/mol. The highest BCUT2D eigenvalue weighted by Gasteiger charge is 2.34. The van der Waals surface area contributed by atoms with E-state index in [2.05, 4.69) is 43.5 Å². The molecule has 4 aromatic rings. The normalized spacial score (nSPS) is 14.4. The lowest BCUT2D eigenvalue weighted by atomic mass is 9.95. The zero-order chi connectivity index (χ0) is 34.7. The Morgan fingerprint density at radius 1 is 1.19 bits per heavy atom. The molecular formula is C34H31BrIN3O8S. The first-order valence-corrected chi connectivity index (χ1v) is 17.5. The molecule has 0 aliphatic carbocycles. The number of hydrogen-bond acceptors (Lipinski definition) is 10. The van der Waals surface area contributed by atoms with E-state index in [-0.39, 0.29) is 36.1 Å². The van der Waals surface area contributed by atoms with Crippen LogP contribution in [0.2, 0.25) is 0 Å². The first-order chi connectivity index (χ1) is 22.9. The van der Waals surface area contributed by atoms with Crippen molar-refractivity contribution in [2.75, 3.05) is 13.7 Å². The molecule has 1 aliphatic rings. The molecule has 0 bridgehead atoms. The van der Waals surface area contributed by atoms with Gasteiger partial charge in [-0.15, -0.1) is 0 Å². The molecule has 0 fully saturated rings. The summed E-state index contributed by atoms with van der Waals surface area (Å²) in [5, 5.41) is 11.2. The van der Waals surface area contributed by atoms with Gasteiger partial charge in [0.05, 0.1) is 54.6 Å². The summed E-state index contributed by atoms with van der Waals surface area (Å²) in [4.78, 5) is 43.3. The van der Waals surface area contributed by atoms with Crippen molar-refractivity contribution in [2.45, 2.75) is 46.4 Å². The molecule has 2 heterocycles. The third-order valence-corrected chi connectivity index (χ3v) is 9.58. The Hall–Kier alpha value is -4.02. The number of non-ortho nitro benzene ring substituents is 1. The third kappa shape index (κ3) is 7.50. The van der Waals surface area contributed by atoms with Crippen molar-refractivity contribution in [3.05, 3.63) is 120 Å². The fourth-order valence-corrected chi connectivity index (χ4v) is 8.00. The van der Waals surface area contributed by atoms with Gasteiger partial charge in [-0.1, -0.05) is 29.5 Å². The Balaban J connectivity index is 1.55. The highest BCUT2D eigenvalue weighted by molar-refractivity contribution is 14.1. The van der Waals surface area contributed by atoms with E-state index in [4.69, 9.17) is 18.9 Å². The van der Waals surface area contributed by atoms with Gasteiger partial charge in [0.1, 0.15) is 12.4 Å². The lowest BCUT2D eigenvalue weighted by molar-refractivity contribution is -0.384. The Morgan fingerprint density at radius 2 is 1.96 bits per heavy atom. The molecule has 0 radical (unpaired) electrons. The van der Waals surface area contributed by atoms with Crippen molar-refractivity contribution in [3.63, 3.8) is 0 Å². The number of hydrogen-bond donors (Lipinski definition) is 0. The predicted octanol–water partition coefficient (Wildman–Crippen LogP) is 6.45. The number of fused-ring (bicyclic) bond motifs is 1. The fraction of sp³-hybridized carbons (Fsp3) is 0.265. The molecule has 0 saturated heterocycles. The van der Waals surface area contributed by atoms with Crippen molar-refractivity contribution < 1.29 is 28.7 Å². The molecular weight excluding hydrogens is 817 g/mol. The van der Waals surface area contributed by atoms with Crippen LogP contribution >= 0.6 is 49.9 Å². The first kappa shape index (κ1) is 35.3. The van der Waals surface area contributed by atoms with Crippen LogP contribution in [0.4, 0.5) is 5.69 Å². The van der Waals surface area contributed by atoms with Gasteiger partial charge in [-0.05, 0) is 113 Å². The molecule has 0 amide bonds. The van der Waals surface area contributed by atoms with E-state index in [0.29, 0.717) is 47.9 Å². The minimum absolute atomic E-state index is 0.00946. The molecule has 1 aromatic heterocycles. The van der Waals surface area contributed by atoms with Gasteiger partial charge in [-0.25, -0.2) is 9.79 Å². The third-order valence-electron chi connectivity index (χ3n) is 7.21. The molecule has 0 spiro atoms. The van der Waals surface area contributed by atoms with Crippen molar-refractivity contribution in [1.29, 1.82) is 0 Å². The number of esters is 1. The van der Waals surface area contributed by atoms with Gasteiger partial charge in [0.2, 0.25) is 0 Å². The number of benzene rings is 3. The molecule has 11 nitrogen and oxygen atoms in total. The van der Waals surface area contributed by atoms with Crippen LogP contribution in [-0.2, 0) is 16.1 Å². The number of rotatable bonds is 11. The van der Waals surface area contributed by atoms with E-state index in [9.17, 15) is 19.7 Å². The van der Waals surface area contributed by atoms with Crippen LogP contribution in [0.3, 0.4) is 0 Å². The molecule has 0 N–H and O–H groups in total. The monoisotopic (exact) mass is 847 g/mol. The largest absolute Gasteiger partial charge is 0.493 e. The van der Waals surface area contributed by atoms with Gasteiger partial charge in [-0.3, -0.25) is 19.5 Å². The van der Waals surface area contributed by atoms with Crippen molar-refractivity contribution >= 4 is 67.6 Å². The average Bonchev–Trinajstić information content (AvgIpc) is 3.33. The van der Waals surface area contributed by atoms with Crippen LogP contribution in [0.15, 0.2) is 80.1 Å². The Bertz CT molecular complexity index is 2100. The van der Waals surface area contributed by atoms with Crippen molar-refractivity contribution in [2.24, 2.45) is 4.99 Å². The molecule has 14 heteroatoms. The number of aromatic nitrogens is 1. The maximum absolute atomic E-state index is 14.1. The molecule has 1 atom stereocenters. The molecule has 48 heavy (non-hydrogen) atoms. The number of nitro groups is 1. The molecule has 0 saturated carbocycles. The predicted molar refractivity (Wildman–Crippen MR) is 193 cm³/mol. The number of nitrogens with zero attached hydrogens (tertiary/aromatic N) is 3. The number of carbonyl (C=O) groups is 1. The van der Waals surface area contributed by atoms with Gasteiger partial charge in [-0.2, -0.15) is 0 Å². The summed E-state index contributed by atoms with van der Waals surface area (Å²) < 4.78 is 26.3. The number of thiazole rings is 1. The van der Waals surface area contributed by atoms with Gasteiger partial charge in [0, 0.05) is 12.1 Å². The van der Waals surface area contributed by atoms with Crippen molar-refractivity contribution in [1.82, 2.24) is 4.57 Å². The number of nitro benzene ring substituents is 1. The summed E-state index contributed by atoms with van der Waals surface area (Å²) >= 11 is 6.94. The van der Waals surface area contributed by atoms with E-state index < -0.39 is 16.9 Å². The summed E-state index contributed by atoms with van der Waals surface area (Å²) in [5.41, 5.74) is 2.41. The van der Waals surface area contributed by atoms with Crippen LogP contribution in [0, 0.1) is 13.7 Å². The topological polar surface area (TPSA) is 131 Å². The van der Waals surface area contributed by atoms with Crippen LogP contribution in [0.25, 0.3) is 6.08 Å². The smallest absolute Gasteiger partial charge is 0.338 e. The van der Waals surface area contributed by atoms with Gasteiger partial charge >= 0.3 is 5.97 Å². The van der Waals surface area contributed by atoms with E-state index >= 15 is 0 Å². The van der Waals surface area contributed by atoms with Crippen LogP contribution in [0.1, 0.15) is 50.4 Å². The van der Waals surface area contributed by atoms with Gasteiger partial charge in [0.25, 0.3) is 11.2 Å². The standard InChI is InChI=1S/C34H31BrIN3O8S/c1-6-45-33(41)29-19(4)37-34-38(30(29)22-10-11-26(47-18(2)3)27(16-22)44-5)32(40)28(48-34)15-21-13-24(35)31(25(36)14-21)46-17-20-8-7-9-23(12-20)39(42)43/h7-16,18,30H,6,17H2,1-5H3/b28-15-/t30-/m1/s1. The highest BCUT2D eigenvalue weighted by Crippen LogP contribution is 2.37. The summed E-state index contributed by atoms with van der Waals surface area (Å²) in [7, 11) is 1.54. The molecule has 0 unspecified atom stereocenters. The molecule has 3 aromatic carbocycles. The van der Waals surface area contributed by atoms with Crippen LogP contribution in [-0.4, -0.2) is 35.3 Å². The highest BCUT2D eigenvalue weighted by atomic mass is 127. The fourth-order valence-electron chi connectivity index (χ4n) is 5.18. The van der Waals surface area contributed by atoms with E-state index in [1.807, 2.05) is 32.0 Å². The second-order valence-electron chi connectivity index (χ2n) is 10.9. The zero-order valence-electron chi connectivity index (χ0n) is 26.6. The zero-order valence-corrected chi connectivity index (χ0v) is 31.2. The summed E-state index contributed by atoms with van der Waals surface area (Å²) in [5.74, 6) is 1.01. The summed E-state index contributed by atoms with van der Waals surface area (Å²) in [6, 6.07) is 14.5. The molecule has 250 valence electrons. The minimum atomic E-state index is -0.819. The second-order valence-corrected chi connectivity index (χ2v) is 13.9. The summed E-state index contributed by atoms with van der Waals surface area (Å²) in [6.45, 7) is 7.58. The molecule has 1 aliphatic heterocycles. The number of carbonyl (C=O) groups excluding carboxylic acids is 1. The summed E-state index contributed by atoms with van der Waals surface area (Å²) in [6.07, 6.45) is 1.68. The number of allylic oxidation sites excluding steroid dienone is 1. The second kappa shape index (κ2) is 15.0. The first-order valence-electron chi connectivity index (χ1n) is 14.8. The number of ether oxygens (including phenoxy) is 4. The number of halogens is 2. The lowest BCUT2D eigenvalue weighted by Crippen LogP contribution is -2.40. The number of methoxy groups -OCH3 is 1. The van der Waals surface area contributed by atoms with E-state index in [1.165, 1.54) is 35.1 Å². The quantitative estimate of drug-likeness (QED) is 0.0729. The SMILES string of the molecule is CCOC(=O)C1=C(C)N=c2s/c(=C\c3cc(Br)c(OCc4cccc([N+](=O)[O-])c4)c(I)c3)c(=O)n2[C@@H]1c1ccc(OC(C)C)c(OC)c1. The van der Waals surface area contributed by atoms with Gasteiger partial charge < -0.3 is 18.9 Å². The minimum Gasteiger partial charge on any atom is -0.493 e. The van der Waals surface area contributed by atoms with Crippen LogP contribution < -0.4 is 29.1 Å². The Kier molecular flexibility index (Phi) is 11.1. The maximum Gasteiger partial charge on any atom is 0.338 e. The van der Waals surface area contributed by atoms with E-state index in [1.54, 1.807) is 44.2 Å². The Labute approximate surface area is 301 Å². The molecule has 5 rings (SSSR count). The van der Waals surface area contributed by atoms with Crippen LogP contribution in [0.5, 0.6) is 17.2 Å². The van der Waals surface area contributed by atoms with Gasteiger partial charge in [0.15, 0.2) is 16.3 Å². The van der Waals surface area contributed by atoms with E-state index in [0.717, 1.165) is 9.13 Å². The van der Waals surface area contributed by atoms with Crippen molar-refractivity contribution in [3.8, 4) is 17.2 Å². The maximum atomic E-state index is 14.1. The Morgan fingerprint density at radius 3 is 2.62 bits per heavy atom.